The van der Waals surface area contributed by atoms with Crippen LogP contribution in [0.15, 0.2) is 53.7 Å². The van der Waals surface area contributed by atoms with Crippen molar-refractivity contribution in [1.82, 2.24) is 19.2 Å². The third kappa shape index (κ3) is 2.39. The van der Waals surface area contributed by atoms with Crippen LogP contribution in [0.4, 0.5) is 0 Å². The van der Waals surface area contributed by atoms with Crippen molar-refractivity contribution in [3.05, 3.63) is 64.8 Å². The van der Waals surface area contributed by atoms with E-state index in [0.29, 0.717) is 22.2 Å². The number of esters is 1. The van der Waals surface area contributed by atoms with Crippen molar-refractivity contribution >= 4 is 22.5 Å². The fourth-order valence-corrected chi connectivity index (χ4v) is 2.79. The molecule has 0 unspecified atom stereocenters. The van der Waals surface area contributed by atoms with Gasteiger partial charge in [0.1, 0.15) is 11.3 Å². The molecule has 0 bridgehead atoms. The first-order valence-electron chi connectivity index (χ1n) is 7.95. The second-order valence-electron chi connectivity index (χ2n) is 5.58. The van der Waals surface area contributed by atoms with Crippen LogP contribution in [-0.4, -0.2) is 36.8 Å². The summed E-state index contributed by atoms with van der Waals surface area (Å²) in [5, 5.41) is 13.9. The monoisotopic (exact) mass is 350 g/mol. The van der Waals surface area contributed by atoms with Crippen molar-refractivity contribution in [3.63, 3.8) is 0 Å². The number of carbonyl (C=O) groups is 1. The third-order valence-corrected chi connectivity index (χ3v) is 4.02. The molecular weight excluding hydrogens is 336 g/mol. The number of nitrogens with zero attached hydrogens (tertiary/aromatic N) is 4. The fraction of sp³-hybridized carbons (Fsp3) is 0.111. The van der Waals surface area contributed by atoms with Gasteiger partial charge in [0.15, 0.2) is 5.65 Å². The number of hydrogen-bond donors (Lipinski definition) is 1. The Balaban J connectivity index is 1.91. The predicted molar refractivity (Wildman–Crippen MR) is 93.7 cm³/mol. The minimum atomic E-state index is -0.508. The Morgan fingerprint density at radius 3 is 2.69 bits per heavy atom. The molecule has 0 amide bonds. The summed E-state index contributed by atoms with van der Waals surface area (Å²) in [7, 11) is 0. The summed E-state index contributed by atoms with van der Waals surface area (Å²) in [6.45, 7) is 1.97. The molecule has 0 aliphatic heterocycles. The minimum absolute atomic E-state index is 0.119. The van der Waals surface area contributed by atoms with E-state index in [1.807, 2.05) is 0 Å². The van der Waals surface area contributed by atoms with Crippen molar-refractivity contribution in [2.45, 2.75) is 6.92 Å². The van der Waals surface area contributed by atoms with Gasteiger partial charge in [-0.2, -0.15) is 5.10 Å². The van der Waals surface area contributed by atoms with Crippen LogP contribution in [0.5, 0.6) is 5.75 Å². The lowest BCUT2D eigenvalue weighted by Gasteiger charge is -2.08. The Hall–Kier alpha value is -3.68. The zero-order valence-corrected chi connectivity index (χ0v) is 13.8. The number of fused-ring (bicyclic) bond motifs is 3. The van der Waals surface area contributed by atoms with Gasteiger partial charge in [-0.1, -0.05) is 0 Å². The maximum absolute atomic E-state index is 12.8. The number of rotatable bonds is 3. The minimum Gasteiger partial charge on any atom is -0.508 e. The first-order chi connectivity index (χ1) is 12.6. The zero-order chi connectivity index (χ0) is 18.3. The Bertz CT molecular complexity index is 1190. The van der Waals surface area contributed by atoms with E-state index in [0.717, 1.165) is 0 Å². The van der Waals surface area contributed by atoms with Gasteiger partial charge in [-0.05, 0) is 37.3 Å². The number of ether oxygens (including phenoxy) is 1. The third-order valence-electron chi connectivity index (χ3n) is 4.02. The average Bonchev–Trinajstić information content (AvgIpc) is 3.08. The van der Waals surface area contributed by atoms with Crippen molar-refractivity contribution in [3.8, 4) is 11.4 Å². The van der Waals surface area contributed by atoms with E-state index in [4.69, 9.17) is 4.74 Å². The van der Waals surface area contributed by atoms with Crippen LogP contribution in [0.3, 0.4) is 0 Å². The molecule has 0 fully saturated rings. The molecule has 3 heterocycles. The molecule has 3 aromatic heterocycles. The van der Waals surface area contributed by atoms with Crippen LogP contribution in [0.25, 0.3) is 22.2 Å². The second-order valence-corrected chi connectivity index (χ2v) is 5.58. The average molecular weight is 350 g/mol. The Kier molecular flexibility index (Phi) is 3.65. The van der Waals surface area contributed by atoms with Crippen molar-refractivity contribution in [1.29, 1.82) is 0 Å². The van der Waals surface area contributed by atoms with Gasteiger partial charge in [-0.25, -0.2) is 14.3 Å². The number of phenols is 1. The number of hydrogen-bond acceptors (Lipinski definition) is 6. The molecule has 0 spiro atoms. The number of carbonyl (C=O) groups excluding carboxylic acids is 1. The molecular formula is C18H14N4O4. The lowest BCUT2D eigenvalue weighted by molar-refractivity contribution is 0.0528. The largest absolute Gasteiger partial charge is 0.508 e. The predicted octanol–water partition coefficient (Wildman–Crippen LogP) is 1.92. The lowest BCUT2D eigenvalue weighted by Crippen LogP contribution is -2.18. The van der Waals surface area contributed by atoms with Crippen molar-refractivity contribution < 1.29 is 14.6 Å². The molecule has 4 aromatic rings. The van der Waals surface area contributed by atoms with Crippen LogP contribution >= 0.6 is 0 Å². The molecule has 0 saturated carbocycles. The van der Waals surface area contributed by atoms with Gasteiger partial charge in [0, 0.05) is 18.1 Å². The zero-order valence-electron chi connectivity index (χ0n) is 13.8. The van der Waals surface area contributed by atoms with E-state index in [9.17, 15) is 14.7 Å². The van der Waals surface area contributed by atoms with Gasteiger partial charge in [0.25, 0.3) is 5.56 Å². The van der Waals surface area contributed by atoms with Crippen LogP contribution in [-0.2, 0) is 4.74 Å². The van der Waals surface area contributed by atoms with E-state index in [1.165, 1.54) is 33.6 Å². The normalized spacial score (nSPS) is 11.1. The van der Waals surface area contributed by atoms with Gasteiger partial charge in [-0.3, -0.25) is 9.36 Å². The number of phenolic OH excluding ortho intramolecular Hbond substituents is 1. The van der Waals surface area contributed by atoms with Gasteiger partial charge in [0.2, 0.25) is 0 Å². The first kappa shape index (κ1) is 15.8. The number of aromatic nitrogens is 4. The molecule has 130 valence electrons. The van der Waals surface area contributed by atoms with Gasteiger partial charge in [-0.15, -0.1) is 0 Å². The van der Waals surface area contributed by atoms with Gasteiger partial charge >= 0.3 is 5.97 Å². The van der Waals surface area contributed by atoms with Crippen LogP contribution < -0.4 is 5.56 Å². The maximum atomic E-state index is 12.8. The van der Waals surface area contributed by atoms with Crippen molar-refractivity contribution in [2.24, 2.45) is 0 Å². The smallest absolute Gasteiger partial charge is 0.343 e. The van der Waals surface area contributed by atoms with Crippen LogP contribution in [0.1, 0.15) is 17.3 Å². The highest BCUT2D eigenvalue weighted by Gasteiger charge is 2.17. The Labute approximate surface area is 146 Å². The SMILES string of the molecule is CCOC(=O)c1cnn2c1ncc1c(=O)n(-c3ccc(O)cc3)ccc12. The topological polar surface area (TPSA) is 98.7 Å². The van der Waals surface area contributed by atoms with Crippen LogP contribution in [0.2, 0.25) is 0 Å². The van der Waals surface area contributed by atoms with Crippen molar-refractivity contribution in [2.75, 3.05) is 6.61 Å². The van der Waals surface area contributed by atoms with E-state index in [-0.39, 0.29) is 23.5 Å². The number of benzene rings is 1. The molecule has 1 aromatic carbocycles. The summed E-state index contributed by atoms with van der Waals surface area (Å²) >= 11 is 0. The molecule has 1 N–H and O–H groups in total. The maximum Gasteiger partial charge on any atom is 0.343 e. The summed E-state index contributed by atoms with van der Waals surface area (Å²) in [6, 6.07) is 8.02. The molecule has 8 nitrogen and oxygen atoms in total. The van der Waals surface area contributed by atoms with Gasteiger partial charge in [0.05, 0.1) is 23.7 Å². The summed E-state index contributed by atoms with van der Waals surface area (Å²) in [6.07, 6.45) is 4.42. The molecule has 26 heavy (non-hydrogen) atoms. The summed E-state index contributed by atoms with van der Waals surface area (Å²) in [5.74, 6) is -0.388. The van der Waals surface area contributed by atoms with E-state index < -0.39 is 5.97 Å². The summed E-state index contributed by atoms with van der Waals surface area (Å²) in [4.78, 5) is 29.0. The van der Waals surface area contributed by atoms with E-state index in [1.54, 1.807) is 31.3 Å². The second kappa shape index (κ2) is 5.99. The molecule has 0 aliphatic rings. The van der Waals surface area contributed by atoms with E-state index >= 15 is 0 Å². The fourth-order valence-electron chi connectivity index (χ4n) is 2.79. The molecule has 0 radical (unpaired) electrons. The Morgan fingerprint density at radius 1 is 1.19 bits per heavy atom. The van der Waals surface area contributed by atoms with Gasteiger partial charge < -0.3 is 9.84 Å². The molecule has 8 heteroatoms. The first-order valence-corrected chi connectivity index (χ1v) is 7.95. The number of pyridine rings is 1. The molecule has 4 rings (SSSR count). The highest BCUT2D eigenvalue weighted by Crippen LogP contribution is 2.17. The standard InChI is InChI=1S/C18H14N4O4/c1-2-26-18(25)14-10-20-22-15-7-8-21(11-3-5-12(23)6-4-11)17(24)13(15)9-19-16(14)22/h3-10,23H,2H2,1H3. The highest BCUT2D eigenvalue weighted by atomic mass is 16.5. The summed E-state index contributed by atoms with van der Waals surface area (Å²) in [5.41, 5.74) is 1.44. The summed E-state index contributed by atoms with van der Waals surface area (Å²) < 4.78 is 7.90. The highest BCUT2D eigenvalue weighted by molar-refractivity contribution is 5.96. The lowest BCUT2D eigenvalue weighted by atomic mass is 10.2. The van der Waals surface area contributed by atoms with E-state index in [2.05, 4.69) is 10.1 Å². The molecule has 0 atom stereocenters. The molecule has 0 saturated heterocycles. The molecule has 0 aliphatic carbocycles. The number of aromatic hydroxyl groups is 1. The quantitative estimate of drug-likeness (QED) is 0.567. The Morgan fingerprint density at radius 2 is 1.96 bits per heavy atom. The van der Waals surface area contributed by atoms with Crippen LogP contribution in [0, 0.1) is 0 Å².